The minimum absolute atomic E-state index is 0.0107. The predicted molar refractivity (Wildman–Crippen MR) is 109 cm³/mol. The molecular weight excluding hydrogens is 380 g/mol. The molecule has 0 fully saturated rings. The fourth-order valence-electron chi connectivity index (χ4n) is 2.47. The smallest absolute Gasteiger partial charge is 0.311 e. The first kappa shape index (κ1) is 19.3. The van der Waals surface area contributed by atoms with Crippen LogP contribution < -0.4 is 5.32 Å². The second-order valence-corrected chi connectivity index (χ2v) is 8.23. The van der Waals surface area contributed by atoms with Crippen LogP contribution in [0, 0.1) is 0 Å². The molecule has 0 aliphatic carbocycles. The number of amides is 1. The van der Waals surface area contributed by atoms with E-state index in [4.69, 9.17) is 9.72 Å². The topological polar surface area (TPSA) is 68.3 Å². The zero-order valence-corrected chi connectivity index (χ0v) is 16.7. The first-order valence-electron chi connectivity index (χ1n) is 8.57. The number of hydrogen-bond acceptors (Lipinski definition) is 6. The van der Waals surface area contributed by atoms with Crippen LogP contribution in [0.15, 0.2) is 47.8 Å². The highest BCUT2D eigenvalue weighted by atomic mass is 32.1. The number of thiophene rings is 1. The van der Waals surface area contributed by atoms with Crippen LogP contribution in [0.4, 0.5) is 0 Å². The Morgan fingerprint density at radius 3 is 2.59 bits per heavy atom. The molecular formula is C20H20N2O3S2. The average Bonchev–Trinajstić information content (AvgIpc) is 3.30. The van der Waals surface area contributed by atoms with Gasteiger partial charge in [0.15, 0.2) is 6.61 Å². The second kappa shape index (κ2) is 8.92. The minimum atomic E-state index is -0.435. The molecule has 0 radical (unpaired) electrons. The van der Waals surface area contributed by atoms with E-state index < -0.39 is 5.97 Å². The lowest BCUT2D eigenvalue weighted by atomic mass is 10.2. The van der Waals surface area contributed by atoms with E-state index in [1.807, 2.05) is 61.7 Å². The summed E-state index contributed by atoms with van der Waals surface area (Å²) in [7, 11) is 0. The highest BCUT2D eigenvalue weighted by Gasteiger charge is 2.19. The van der Waals surface area contributed by atoms with Crippen molar-refractivity contribution in [3.8, 4) is 21.1 Å². The molecule has 0 atom stereocenters. The van der Waals surface area contributed by atoms with Gasteiger partial charge >= 0.3 is 5.97 Å². The number of benzene rings is 1. The Morgan fingerprint density at radius 1 is 1.15 bits per heavy atom. The van der Waals surface area contributed by atoms with Gasteiger partial charge in [-0.2, -0.15) is 0 Å². The van der Waals surface area contributed by atoms with Crippen molar-refractivity contribution < 1.29 is 14.3 Å². The highest BCUT2D eigenvalue weighted by molar-refractivity contribution is 7.17. The molecule has 0 saturated carbocycles. The van der Waals surface area contributed by atoms with E-state index in [-0.39, 0.29) is 25.0 Å². The van der Waals surface area contributed by atoms with E-state index in [1.54, 1.807) is 11.3 Å². The molecule has 3 rings (SSSR count). The van der Waals surface area contributed by atoms with Crippen molar-refractivity contribution in [3.05, 3.63) is 52.7 Å². The van der Waals surface area contributed by atoms with Crippen LogP contribution in [-0.2, 0) is 20.7 Å². The van der Waals surface area contributed by atoms with Gasteiger partial charge in [0, 0.05) is 16.5 Å². The number of nitrogens with one attached hydrogen (secondary N) is 1. The SMILES string of the molecule is CC(C)NC(=O)COC(=O)Cc1sc(-c2ccccc2)nc1-c1cccs1. The van der Waals surface area contributed by atoms with Gasteiger partial charge in [0.05, 0.1) is 17.0 Å². The summed E-state index contributed by atoms with van der Waals surface area (Å²) in [6.45, 7) is 3.45. The quantitative estimate of drug-likeness (QED) is 0.605. The van der Waals surface area contributed by atoms with Crippen molar-refractivity contribution in [1.82, 2.24) is 10.3 Å². The van der Waals surface area contributed by atoms with Crippen molar-refractivity contribution >= 4 is 34.6 Å². The first-order valence-corrected chi connectivity index (χ1v) is 10.3. The Balaban J connectivity index is 1.76. The van der Waals surface area contributed by atoms with Crippen molar-refractivity contribution in [2.45, 2.75) is 26.3 Å². The molecule has 2 aromatic heterocycles. The molecule has 7 heteroatoms. The van der Waals surface area contributed by atoms with E-state index in [2.05, 4.69) is 5.32 Å². The molecule has 27 heavy (non-hydrogen) atoms. The summed E-state index contributed by atoms with van der Waals surface area (Å²) < 4.78 is 5.13. The van der Waals surface area contributed by atoms with E-state index in [1.165, 1.54) is 11.3 Å². The first-order chi connectivity index (χ1) is 13.0. The van der Waals surface area contributed by atoms with Crippen LogP contribution in [-0.4, -0.2) is 29.5 Å². The third-order valence-electron chi connectivity index (χ3n) is 3.59. The summed E-state index contributed by atoms with van der Waals surface area (Å²) in [6, 6.07) is 13.8. The summed E-state index contributed by atoms with van der Waals surface area (Å²) >= 11 is 3.06. The molecule has 0 spiro atoms. The molecule has 140 valence electrons. The zero-order chi connectivity index (χ0) is 19.2. The molecule has 1 amide bonds. The van der Waals surface area contributed by atoms with E-state index in [0.29, 0.717) is 0 Å². The molecule has 0 aliphatic heterocycles. The molecule has 0 saturated heterocycles. The number of carbonyl (C=O) groups is 2. The molecule has 5 nitrogen and oxygen atoms in total. The largest absolute Gasteiger partial charge is 0.455 e. The van der Waals surface area contributed by atoms with Crippen LogP contribution in [0.1, 0.15) is 18.7 Å². The van der Waals surface area contributed by atoms with Gasteiger partial charge in [0.1, 0.15) is 5.01 Å². The van der Waals surface area contributed by atoms with Crippen LogP contribution in [0.25, 0.3) is 21.1 Å². The van der Waals surface area contributed by atoms with E-state index in [0.717, 1.165) is 26.0 Å². The molecule has 1 aromatic carbocycles. The summed E-state index contributed by atoms with van der Waals surface area (Å²) in [5, 5.41) is 5.54. The van der Waals surface area contributed by atoms with Gasteiger partial charge in [-0.15, -0.1) is 22.7 Å². The number of nitrogens with zero attached hydrogens (tertiary/aromatic N) is 1. The van der Waals surface area contributed by atoms with Crippen LogP contribution in [0.3, 0.4) is 0 Å². The fourth-order valence-corrected chi connectivity index (χ4v) is 4.35. The van der Waals surface area contributed by atoms with Crippen molar-refractivity contribution in [2.24, 2.45) is 0 Å². The van der Waals surface area contributed by atoms with Crippen molar-refractivity contribution in [1.29, 1.82) is 0 Å². The predicted octanol–water partition coefficient (Wildman–Crippen LogP) is 4.15. The number of aromatic nitrogens is 1. The number of rotatable bonds is 7. The van der Waals surface area contributed by atoms with Gasteiger partial charge in [-0.05, 0) is 25.3 Å². The van der Waals surface area contributed by atoms with Crippen LogP contribution in [0.2, 0.25) is 0 Å². The lowest BCUT2D eigenvalue weighted by molar-refractivity contribution is -0.148. The lowest BCUT2D eigenvalue weighted by Crippen LogP contribution is -2.34. The van der Waals surface area contributed by atoms with Crippen molar-refractivity contribution in [2.75, 3.05) is 6.61 Å². The molecule has 2 heterocycles. The molecule has 0 bridgehead atoms. The van der Waals surface area contributed by atoms with Gasteiger partial charge in [-0.1, -0.05) is 36.4 Å². The maximum atomic E-state index is 12.3. The Bertz CT molecular complexity index is 903. The lowest BCUT2D eigenvalue weighted by Gasteiger charge is -2.08. The number of ether oxygens (including phenoxy) is 1. The zero-order valence-electron chi connectivity index (χ0n) is 15.1. The van der Waals surface area contributed by atoms with E-state index in [9.17, 15) is 9.59 Å². The minimum Gasteiger partial charge on any atom is -0.455 e. The number of carbonyl (C=O) groups excluding carboxylic acids is 2. The van der Waals surface area contributed by atoms with Crippen LogP contribution in [0.5, 0.6) is 0 Å². The van der Waals surface area contributed by atoms with Crippen LogP contribution >= 0.6 is 22.7 Å². The fraction of sp³-hybridized carbons (Fsp3) is 0.250. The Kier molecular flexibility index (Phi) is 6.36. The maximum Gasteiger partial charge on any atom is 0.311 e. The van der Waals surface area contributed by atoms with E-state index >= 15 is 0 Å². The Morgan fingerprint density at radius 2 is 1.93 bits per heavy atom. The third kappa shape index (κ3) is 5.24. The Labute approximate surface area is 166 Å². The third-order valence-corrected chi connectivity index (χ3v) is 5.57. The average molecular weight is 401 g/mol. The monoisotopic (exact) mass is 400 g/mol. The van der Waals surface area contributed by atoms with Gasteiger partial charge < -0.3 is 10.1 Å². The summed E-state index contributed by atoms with van der Waals surface area (Å²) in [5.74, 6) is -0.735. The Hall–Kier alpha value is -2.51. The molecule has 0 unspecified atom stereocenters. The molecule has 0 aliphatic rings. The summed E-state index contributed by atoms with van der Waals surface area (Å²) in [6.07, 6.45) is 0.0900. The normalized spacial score (nSPS) is 10.8. The molecule has 3 aromatic rings. The van der Waals surface area contributed by atoms with Gasteiger partial charge in [0.2, 0.25) is 0 Å². The highest BCUT2D eigenvalue weighted by Crippen LogP contribution is 2.36. The number of esters is 1. The summed E-state index contributed by atoms with van der Waals surface area (Å²) in [4.78, 5) is 30.5. The van der Waals surface area contributed by atoms with Gasteiger partial charge in [0.25, 0.3) is 5.91 Å². The maximum absolute atomic E-state index is 12.3. The number of thiazole rings is 1. The van der Waals surface area contributed by atoms with Crippen molar-refractivity contribution in [3.63, 3.8) is 0 Å². The number of hydrogen-bond donors (Lipinski definition) is 1. The second-order valence-electron chi connectivity index (χ2n) is 6.19. The molecule has 1 N–H and O–H groups in total. The standard InChI is InChI=1S/C20H20N2O3S2/c1-13(2)21-17(23)12-25-18(24)11-16-19(15-9-6-10-26-15)22-20(27-16)14-7-4-3-5-8-14/h3-10,13H,11-12H2,1-2H3,(H,21,23). The van der Waals surface area contributed by atoms with Gasteiger partial charge in [-0.3, -0.25) is 9.59 Å². The van der Waals surface area contributed by atoms with Gasteiger partial charge in [-0.25, -0.2) is 4.98 Å². The summed E-state index contributed by atoms with van der Waals surface area (Å²) in [5.41, 5.74) is 1.81.